The van der Waals surface area contributed by atoms with E-state index in [1.165, 1.54) is 40.5 Å². The van der Waals surface area contributed by atoms with E-state index in [4.69, 9.17) is 0 Å². The van der Waals surface area contributed by atoms with Gasteiger partial charge in [0.1, 0.15) is 0 Å². The number of hydrogen-bond acceptors (Lipinski definition) is 4. The Kier molecular flexibility index (Phi) is 5.00. The van der Waals surface area contributed by atoms with Crippen molar-refractivity contribution >= 4 is 33.1 Å². The smallest absolute Gasteiger partial charge is 0.227 e. The first-order valence-electron chi connectivity index (χ1n) is 9.12. The molecule has 0 radical (unpaired) electrons. The summed E-state index contributed by atoms with van der Waals surface area (Å²) in [6.07, 6.45) is 2.97. The molecule has 5 heteroatoms. The van der Waals surface area contributed by atoms with Gasteiger partial charge in [0.25, 0.3) is 0 Å². The highest BCUT2D eigenvalue weighted by atomic mass is 32.1. The van der Waals surface area contributed by atoms with Crippen LogP contribution in [0.25, 0.3) is 10.8 Å². The van der Waals surface area contributed by atoms with Crippen LogP contribution >= 0.6 is 11.3 Å². The first kappa shape index (κ1) is 17.2. The molecule has 1 aliphatic carbocycles. The summed E-state index contributed by atoms with van der Waals surface area (Å²) in [7, 11) is 0. The largest absolute Gasteiger partial charge is 0.302 e. The molecule has 1 heterocycles. The minimum atomic E-state index is 0.0444. The molecular formula is C21H23N3OS. The normalized spacial score (nSPS) is 14.1. The van der Waals surface area contributed by atoms with E-state index in [1.54, 1.807) is 0 Å². The van der Waals surface area contributed by atoms with Gasteiger partial charge in [0.05, 0.1) is 5.69 Å². The van der Waals surface area contributed by atoms with Gasteiger partial charge < -0.3 is 5.32 Å². The summed E-state index contributed by atoms with van der Waals surface area (Å²) >= 11 is 1.48. The van der Waals surface area contributed by atoms with E-state index in [2.05, 4.69) is 57.7 Å². The molecular weight excluding hydrogens is 342 g/mol. The zero-order valence-corrected chi connectivity index (χ0v) is 15.8. The van der Waals surface area contributed by atoms with Crippen molar-refractivity contribution in [1.82, 2.24) is 9.88 Å². The lowest BCUT2D eigenvalue weighted by Crippen LogP contribution is -2.29. The SMILES string of the molecule is Cc1csc(NC(=O)CCN(Cc2cccc3ccccc23)C2CC2)n1. The Morgan fingerprint density at radius 2 is 2.04 bits per heavy atom. The fourth-order valence-electron chi connectivity index (χ4n) is 3.32. The van der Waals surface area contributed by atoms with E-state index in [0.29, 0.717) is 17.6 Å². The second-order valence-corrected chi connectivity index (χ2v) is 7.79. The number of thiazole rings is 1. The first-order valence-corrected chi connectivity index (χ1v) is 10.00. The van der Waals surface area contributed by atoms with Crippen LogP contribution in [0.3, 0.4) is 0 Å². The van der Waals surface area contributed by atoms with Gasteiger partial charge in [-0.2, -0.15) is 0 Å². The molecule has 0 bridgehead atoms. The molecule has 0 aliphatic heterocycles. The average Bonchev–Trinajstić information content (AvgIpc) is 3.41. The van der Waals surface area contributed by atoms with Crippen LogP contribution in [0, 0.1) is 6.92 Å². The lowest BCUT2D eigenvalue weighted by molar-refractivity contribution is -0.116. The van der Waals surface area contributed by atoms with Crippen molar-refractivity contribution in [3.05, 3.63) is 59.1 Å². The number of hydrogen-bond donors (Lipinski definition) is 1. The number of rotatable bonds is 7. The molecule has 1 aliphatic rings. The topological polar surface area (TPSA) is 45.2 Å². The summed E-state index contributed by atoms with van der Waals surface area (Å²) in [5.74, 6) is 0.0444. The highest BCUT2D eigenvalue weighted by Gasteiger charge is 2.29. The molecule has 4 nitrogen and oxygen atoms in total. The number of nitrogens with one attached hydrogen (secondary N) is 1. The minimum absolute atomic E-state index is 0.0444. The maximum Gasteiger partial charge on any atom is 0.227 e. The number of carbonyl (C=O) groups excluding carboxylic acids is 1. The number of aryl methyl sites for hydroxylation is 1. The molecule has 1 amide bonds. The predicted molar refractivity (Wildman–Crippen MR) is 107 cm³/mol. The van der Waals surface area contributed by atoms with E-state index >= 15 is 0 Å². The van der Waals surface area contributed by atoms with Crippen LogP contribution in [-0.2, 0) is 11.3 Å². The Morgan fingerprint density at radius 1 is 1.23 bits per heavy atom. The van der Waals surface area contributed by atoms with Crippen molar-refractivity contribution in [2.24, 2.45) is 0 Å². The molecule has 4 rings (SSSR count). The molecule has 26 heavy (non-hydrogen) atoms. The number of anilines is 1. The van der Waals surface area contributed by atoms with E-state index in [1.807, 2.05) is 12.3 Å². The zero-order chi connectivity index (χ0) is 17.9. The van der Waals surface area contributed by atoms with Crippen LogP contribution in [0.2, 0.25) is 0 Å². The van der Waals surface area contributed by atoms with Gasteiger partial charge in [-0.25, -0.2) is 4.98 Å². The van der Waals surface area contributed by atoms with Crippen LogP contribution in [0.5, 0.6) is 0 Å². The molecule has 2 aromatic carbocycles. The van der Waals surface area contributed by atoms with Gasteiger partial charge in [-0.15, -0.1) is 11.3 Å². The second-order valence-electron chi connectivity index (χ2n) is 6.93. The van der Waals surface area contributed by atoms with Gasteiger partial charge in [-0.1, -0.05) is 42.5 Å². The quantitative estimate of drug-likeness (QED) is 0.666. The van der Waals surface area contributed by atoms with Gasteiger partial charge in [0, 0.05) is 30.9 Å². The standard InChI is InChI=1S/C21H23N3OS/c1-15-14-26-21(22-15)23-20(25)11-12-24(18-9-10-18)13-17-7-4-6-16-5-2-3-8-19(16)17/h2-8,14,18H,9-13H2,1H3,(H,22,23,25). The van der Waals surface area contributed by atoms with Crippen molar-refractivity contribution in [2.45, 2.75) is 38.8 Å². The van der Waals surface area contributed by atoms with Crippen LogP contribution < -0.4 is 5.32 Å². The molecule has 0 saturated heterocycles. The van der Waals surface area contributed by atoms with Crippen molar-refractivity contribution in [2.75, 3.05) is 11.9 Å². The van der Waals surface area contributed by atoms with Crippen LogP contribution in [0.4, 0.5) is 5.13 Å². The Hall–Kier alpha value is -2.24. The summed E-state index contributed by atoms with van der Waals surface area (Å²) in [6.45, 7) is 3.62. The van der Waals surface area contributed by atoms with Crippen molar-refractivity contribution in [3.8, 4) is 0 Å². The number of nitrogens with zero attached hydrogens (tertiary/aromatic N) is 2. The Morgan fingerprint density at radius 3 is 2.81 bits per heavy atom. The third kappa shape index (κ3) is 4.11. The molecule has 134 valence electrons. The monoisotopic (exact) mass is 365 g/mol. The number of carbonyl (C=O) groups is 1. The first-order chi connectivity index (χ1) is 12.7. The van der Waals surface area contributed by atoms with Gasteiger partial charge in [0.2, 0.25) is 5.91 Å². The molecule has 0 atom stereocenters. The maximum atomic E-state index is 12.3. The molecule has 0 spiro atoms. The number of aromatic nitrogens is 1. The minimum Gasteiger partial charge on any atom is -0.302 e. The molecule has 1 N–H and O–H groups in total. The fraction of sp³-hybridized carbons (Fsp3) is 0.333. The van der Waals surface area contributed by atoms with Gasteiger partial charge in [-0.05, 0) is 36.1 Å². The third-order valence-corrected chi connectivity index (χ3v) is 5.68. The van der Waals surface area contributed by atoms with Gasteiger partial charge in [-0.3, -0.25) is 9.69 Å². The van der Waals surface area contributed by atoms with Crippen molar-refractivity contribution in [1.29, 1.82) is 0 Å². The molecule has 1 aromatic heterocycles. The summed E-state index contributed by atoms with van der Waals surface area (Å²) in [6, 6.07) is 15.6. The lowest BCUT2D eigenvalue weighted by Gasteiger charge is -2.22. The molecule has 1 saturated carbocycles. The Balaban J connectivity index is 1.41. The van der Waals surface area contributed by atoms with Crippen LogP contribution in [0.1, 0.15) is 30.5 Å². The van der Waals surface area contributed by atoms with Crippen LogP contribution in [0.15, 0.2) is 47.8 Å². The van der Waals surface area contributed by atoms with Crippen molar-refractivity contribution < 1.29 is 4.79 Å². The van der Waals surface area contributed by atoms with Gasteiger partial charge in [0.15, 0.2) is 5.13 Å². The summed E-state index contributed by atoms with van der Waals surface area (Å²) < 4.78 is 0. The number of amides is 1. The summed E-state index contributed by atoms with van der Waals surface area (Å²) in [5, 5.41) is 8.14. The maximum absolute atomic E-state index is 12.3. The van der Waals surface area contributed by atoms with E-state index in [0.717, 1.165) is 18.8 Å². The zero-order valence-electron chi connectivity index (χ0n) is 14.9. The number of benzene rings is 2. The summed E-state index contributed by atoms with van der Waals surface area (Å²) in [4.78, 5) is 19.0. The Labute approximate surface area is 157 Å². The highest BCUT2D eigenvalue weighted by Crippen LogP contribution is 2.30. The lowest BCUT2D eigenvalue weighted by atomic mass is 10.0. The van der Waals surface area contributed by atoms with Gasteiger partial charge >= 0.3 is 0 Å². The highest BCUT2D eigenvalue weighted by molar-refractivity contribution is 7.13. The third-order valence-electron chi connectivity index (χ3n) is 4.81. The fourth-order valence-corrected chi connectivity index (χ4v) is 4.02. The molecule has 0 unspecified atom stereocenters. The average molecular weight is 366 g/mol. The van der Waals surface area contributed by atoms with Crippen molar-refractivity contribution in [3.63, 3.8) is 0 Å². The Bertz CT molecular complexity index is 911. The summed E-state index contributed by atoms with van der Waals surface area (Å²) in [5.41, 5.74) is 2.28. The molecule has 1 fully saturated rings. The van der Waals surface area contributed by atoms with E-state index in [9.17, 15) is 4.79 Å². The predicted octanol–water partition coefficient (Wildman–Crippen LogP) is 4.60. The number of fused-ring (bicyclic) bond motifs is 1. The van der Waals surface area contributed by atoms with E-state index in [-0.39, 0.29) is 5.91 Å². The van der Waals surface area contributed by atoms with Crippen LogP contribution in [-0.4, -0.2) is 28.4 Å². The second kappa shape index (κ2) is 7.56. The molecule has 3 aromatic rings. The van der Waals surface area contributed by atoms with E-state index < -0.39 is 0 Å².